The zero-order valence-electron chi connectivity index (χ0n) is 20.5. The van der Waals surface area contributed by atoms with Crippen LogP contribution in [0.4, 0.5) is 0 Å². The van der Waals surface area contributed by atoms with Gasteiger partial charge in [0.1, 0.15) is 5.75 Å². The van der Waals surface area contributed by atoms with Gasteiger partial charge in [-0.25, -0.2) is 0 Å². The zero-order chi connectivity index (χ0) is 25.7. The van der Waals surface area contributed by atoms with Crippen LogP contribution in [-0.2, 0) is 10.4 Å². The van der Waals surface area contributed by atoms with Crippen molar-refractivity contribution < 1.29 is 19.4 Å². The van der Waals surface area contributed by atoms with E-state index in [1.165, 1.54) is 0 Å². The number of ether oxygens (including phenoxy) is 1. The van der Waals surface area contributed by atoms with Gasteiger partial charge >= 0.3 is 5.97 Å². The van der Waals surface area contributed by atoms with E-state index in [4.69, 9.17) is 9.84 Å². The first-order chi connectivity index (χ1) is 18.1. The summed E-state index contributed by atoms with van der Waals surface area (Å²) in [6, 6.07) is 30.0. The standard InChI is InChI=1S/C32H29NO4/c34-30(35)17-8-3-9-22-33-31(36)28-16-10-15-25-26(28)18-19-29-27(25)20-21-32(37-29,23-11-4-1-5-12-23)24-13-6-2-7-14-24/h1-2,4-7,10-16,18-21H,3,8-9,17,22H2,(H,33,36)(H,34,35). The summed E-state index contributed by atoms with van der Waals surface area (Å²) < 4.78 is 6.79. The molecule has 2 N–H and O–H groups in total. The molecule has 0 radical (unpaired) electrons. The molecule has 4 aromatic rings. The first-order valence-electron chi connectivity index (χ1n) is 12.6. The summed E-state index contributed by atoms with van der Waals surface area (Å²) in [4.78, 5) is 23.6. The Morgan fingerprint density at radius 1 is 0.757 bits per heavy atom. The van der Waals surface area contributed by atoms with Gasteiger partial charge in [0.05, 0.1) is 0 Å². The molecule has 1 aliphatic heterocycles. The Morgan fingerprint density at radius 2 is 1.46 bits per heavy atom. The number of hydrogen-bond donors (Lipinski definition) is 2. The van der Waals surface area contributed by atoms with Crippen molar-refractivity contribution in [3.8, 4) is 5.75 Å². The summed E-state index contributed by atoms with van der Waals surface area (Å²) in [6.45, 7) is 0.513. The van der Waals surface area contributed by atoms with Gasteiger partial charge in [0.25, 0.3) is 5.91 Å². The summed E-state index contributed by atoms with van der Waals surface area (Å²) in [5.41, 5.74) is 2.89. The Balaban J connectivity index is 1.43. The second-order valence-electron chi connectivity index (χ2n) is 9.24. The smallest absolute Gasteiger partial charge is 0.303 e. The molecule has 0 atom stereocenters. The van der Waals surface area contributed by atoms with Crippen LogP contribution in [0.2, 0.25) is 0 Å². The second-order valence-corrected chi connectivity index (χ2v) is 9.24. The van der Waals surface area contributed by atoms with Gasteiger partial charge in [0, 0.05) is 35.2 Å². The maximum atomic E-state index is 13.0. The zero-order valence-corrected chi connectivity index (χ0v) is 20.5. The summed E-state index contributed by atoms with van der Waals surface area (Å²) in [5.74, 6) is -0.156. The molecule has 0 aromatic heterocycles. The third-order valence-corrected chi connectivity index (χ3v) is 6.82. The van der Waals surface area contributed by atoms with Crippen molar-refractivity contribution in [3.05, 3.63) is 119 Å². The third-order valence-electron chi connectivity index (χ3n) is 6.82. The molecule has 1 amide bonds. The molecule has 0 fully saturated rings. The predicted molar refractivity (Wildman–Crippen MR) is 146 cm³/mol. The molecule has 0 aliphatic carbocycles. The summed E-state index contributed by atoms with van der Waals surface area (Å²) >= 11 is 0. The van der Waals surface area contributed by atoms with Crippen molar-refractivity contribution in [2.24, 2.45) is 0 Å². The number of fused-ring (bicyclic) bond motifs is 3. The van der Waals surface area contributed by atoms with Gasteiger partial charge in [0.15, 0.2) is 5.60 Å². The topological polar surface area (TPSA) is 75.6 Å². The van der Waals surface area contributed by atoms with Crippen molar-refractivity contribution in [2.75, 3.05) is 6.54 Å². The lowest BCUT2D eigenvalue weighted by Crippen LogP contribution is -2.34. The van der Waals surface area contributed by atoms with Crippen LogP contribution in [0.1, 0.15) is 52.7 Å². The largest absolute Gasteiger partial charge is 0.481 e. The van der Waals surface area contributed by atoms with E-state index >= 15 is 0 Å². The minimum atomic E-state index is -0.786. The molecule has 5 rings (SSSR count). The molecule has 186 valence electrons. The molecule has 1 heterocycles. The maximum Gasteiger partial charge on any atom is 0.303 e. The van der Waals surface area contributed by atoms with Crippen molar-refractivity contribution in [2.45, 2.75) is 31.3 Å². The monoisotopic (exact) mass is 491 g/mol. The number of nitrogens with one attached hydrogen (secondary N) is 1. The highest BCUT2D eigenvalue weighted by molar-refractivity contribution is 6.09. The molecule has 1 aliphatic rings. The number of carboxylic acids is 1. The van der Waals surface area contributed by atoms with Gasteiger partial charge in [0.2, 0.25) is 0 Å². The number of rotatable bonds is 9. The molecular weight excluding hydrogens is 462 g/mol. The fraction of sp³-hybridized carbons (Fsp3) is 0.188. The average Bonchev–Trinajstić information content (AvgIpc) is 2.94. The minimum absolute atomic E-state index is 0.132. The van der Waals surface area contributed by atoms with E-state index in [-0.39, 0.29) is 12.3 Å². The van der Waals surface area contributed by atoms with E-state index in [1.54, 1.807) is 0 Å². The third kappa shape index (κ3) is 4.98. The highest BCUT2D eigenvalue weighted by Gasteiger charge is 2.37. The number of hydrogen-bond acceptors (Lipinski definition) is 3. The van der Waals surface area contributed by atoms with Crippen LogP contribution in [-0.4, -0.2) is 23.5 Å². The predicted octanol–water partition coefficient (Wildman–Crippen LogP) is 6.56. The Kier molecular flexibility index (Phi) is 7.04. The Morgan fingerprint density at radius 3 is 2.14 bits per heavy atom. The summed E-state index contributed by atoms with van der Waals surface area (Å²) in [7, 11) is 0. The number of carbonyl (C=O) groups excluding carboxylic acids is 1. The van der Waals surface area contributed by atoms with Crippen molar-refractivity contribution in [1.82, 2.24) is 5.32 Å². The summed E-state index contributed by atoms with van der Waals surface area (Å²) in [6.07, 6.45) is 6.49. The number of amides is 1. The number of benzene rings is 4. The number of aliphatic carboxylic acids is 1. The van der Waals surface area contributed by atoms with Gasteiger partial charge in [-0.05, 0) is 54.0 Å². The van der Waals surface area contributed by atoms with Crippen LogP contribution in [0.15, 0.2) is 97.1 Å². The molecule has 5 nitrogen and oxygen atoms in total. The molecule has 37 heavy (non-hydrogen) atoms. The molecule has 0 spiro atoms. The van der Waals surface area contributed by atoms with Gasteiger partial charge in [-0.15, -0.1) is 0 Å². The normalized spacial score (nSPS) is 13.5. The molecule has 5 heteroatoms. The lowest BCUT2D eigenvalue weighted by Gasteiger charge is -2.36. The van der Waals surface area contributed by atoms with E-state index in [0.717, 1.165) is 46.1 Å². The van der Waals surface area contributed by atoms with Gasteiger partial charge in [-0.3, -0.25) is 9.59 Å². The van der Waals surface area contributed by atoms with E-state index in [2.05, 4.69) is 41.7 Å². The van der Waals surface area contributed by atoms with E-state index in [0.29, 0.717) is 18.5 Å². The molecule has 0 unspecified atom stereocenters. The molecule has 4 aromatic carbocycles. The first-order valence-corrected chi connectivity index (χ1v) is 12.6. The van der Waals surface area contributed by atoms with Crippen molar-refractivity contribution in [3.63, 3.8) is 0 Å². The van der Waals surface area contributed by atoms with Crippen LogP contribution >= 0.6 is 0 Å². The first kappa shape index (κ1) is 24.3. The molecule has 0 saturated heterocycles. The molecular formula is C32H29NO4. The average molecular weight is 492 g/mol. The Labute approximate surface area is 216 Å². The van der Waals surface area contributed by atoms with Crippen LogP contribution in [0.25, 0.3) is 16.8 Å². The lowest BCUT2D eigenvalue weighted by molar-refractivity contribution is -0.137. The fourth-order valence-electron chi connectivity index (χ4n) is 4.95. The number of unbranched alkanes of at least 4 members (excludes halogenated alkanes) is 2. The second kappa shape index (κ2) is 10.7. The highest BCUT2D eigenvalue weighted by atomic mass is 16.5. The van der Waals surface area contributed by atoms with Crippen LogP contribution in [0.3, 0.4) is 0 Å². The van der Waals surface area contributed by atoms with Crippen LogP contribution in [0.5, 0.6) is 5.75 Å². The van der Waals surface area contributed by atoms with Gasteiger partial charge in [-0.2, -0.15) is 0 Å². The van der Waals surface area contributed by atoms with Crippen molar-refractivity contribution >= 4 is 28.7 Å². The summed E-state index contributed by atoms with van der Waals surface area (Å²) in [5, 5.41) is 13.6. The SMILES string of the molecule is O=C(O)CCCCCNC(=O)c1cccc2c3c(ccc12)OC(c1ccccc1)(c1ccccc1)C=C3. The minimum Gasteiger partial charge on any atom is -0.481 e. The van der Waals surface area contributed by atoms with E-state index < -0.39 is 11.6 Å². The highest BCUT2D eigenvalue weighted by Crippen LogP contribution is 2.44. The Bertz CT molecular complexity index is 1400. The maximum absolute atomic E-state index is 13.0. The molecule has 0 bridgehead atoms. The fourth-order valence-corrected chi connectivity index (χ4v) is 4.95. The van der Waals surface area contributed by atoms with Gasteiger partial charge in [-0.1, -0.05) is 79.2 Å². The number of carboxylic acid groups (broad SMARTS) is 1. The lowest BCUT2D eigenvalue weighted by atomic mass is 9.83. The van der Waals surface area contributed by atoms with Crippen LogP contribution < -0.4 is 10.1 Å². The van der Waals surface area contributed by atoms with Crippen molar-refractivity contribution in [1.29, 1.82) is 0 Å². The van der Waals surface area contributed by atoms with Gasteiger partial charge < -0.3 is 15.2 Å². The van der Waals surface area contributed by atoms with Crippen LogP contribution in [0, 0.1) is 0 Å². The van der Waals surface area contributed by atoms with E-state index in [9.17, 15) is 9.59 Å². The number of carbonyl (C=O) groups is 2. The molecule has 0 saturated carbocycles. The quantitative estimate of drug-likeness (QED) is 0.260. The Hall–Kier alpha value is -4.38. The van der Waals surface area contributed by atoms with E-state index in [1.807, 2.05) is 66.7 Å².